The summed E-state index contributed by atoms with van der Waals surface area (Å²) in [5, 5.41) is 102. The fraction of sp³-hybridized carbons (Fsp3) is 0.768. The summed E-state index contributed by atoms with van der Waals surface area (Å²) in [5.74, 6) is -11.2. The van der Waals surface area contributed by atoms with Gasteiger partial charge in [0.1, 0.15) is 54.7 Å². The van der Waals surface area contributed by atoms with E-state index >= 15 is 0 Å². The lowest BCUT2D eigenvalue weighted by Gasteiger charge is -2.26. The number of hydrogen-bond donors (Lipinski definition) is 18. The lowest BCUT2D eigenvalue weighted by atomic mass is 10.0. The van der Waals surface area contributed by atoms with Gasteiger partial charge in [0, 0.05) is 32.9 Å². The first-order valence-electron chi connectivity index (χ1n) is 31.1. The Bertz CT molecular complexity index is 2340. The highest BCUT2D eigenvalue weighted by Crippen LogP contribution is 2.14. The standard InChI is InChI=1S/C56H99N15O21/c1-37(77)60-40(31-72)52(86)64-44(35-76)56(90)66-42(33-74)54(88)62-39(20-16-18-25-71(29-48(80)81)30-49(82)83)51(85)63-43(34-75)55(89)65-41(32-73)53(87)61-38(50(57)84)19-15-17-23-58-47(79)36-92-28-27-91-26-24-59-46(78)22-14-12-10-8-6-4-2-3-5-7-9-11-13-21-45-67-69-70-68-45/h38-44,72-76H,2-36H2,1H3,(H2,57,84)(H,58,79)(H,59,78)(H,60,77)(H,61,87)(H,62,88)(H,63,85)(H,64,86)(H,65,89)(H,66,90)(H,80,81)(H,82,83)(H,67,68,69,70)/t38-,39-,40-,41-,42-,43-,44-/m0/s1. The number of primary amides is 1. The lowest BCUT2D eigenvalue weighted by Crippen LogP contribution is -2.61. The number of aromatic amines is 1. The van der Waals surface area contributed by atoms with Crippen LogP contribution in [0, 0.1) is 0 Å². The first-order valence-corrected chi connectivity index (χ1v) is 31.1. The maximum Gasteiger partial charge on any atom is 0.317 e. The third-order valence-corrected chi connectivity index (χ3v) is 14.0. The maximum atomic E-state index is 13.8. The van der Waals surface area contributed by atoms with E-state index in [9.17, 15) is 93.3 Å². The minimum absolute atomic E-state index is 0.0145. The number of rotatable bonds is 57. The number of tetrazole rings is 1. The van der Waals surface area contributed by atoms with E-state index in [1.807, 2.05) is 0 Å². The summed E-state index contributed by atoms with van der Waals surface area (Å²) in [6.07, 6.45) is 16.6. The average molecular weight is 1320 g/mol. The molecule has 36 heteroatoms. The molecule has 19 N–H and O–H groups in total. The summed E-state index contributed by atoms with van der Waals surface area (Å²) in [4.78, 5) is 151. The van der Waals surface area contributed by atoms with Gasteiger partial charge in [0.25, 0.3) is 0 Å². The molecular weight excluding hydrogens is 1220 g/mol. The highest BCUT2D eigenvalue weighted by atomic mass is 16.5. The van der Waals surface area contributed by atoms with Gasteiger partial charge in [0.2, 0.25) is 59.1 Å². The van der Waals surface area contributed by atoms with Crippen molar-refractivity contribution >= 4 is 71.0 Å². The van der Waals surface area contributed by atoms with E-state index in [-0.39, 0.29) is 77.5 Å². The third-order valence-electron chi connectivity index (χ3n) is 14.0. The number of aliphatic hydroxyl groups excluding tert-OH is 5. The van der Waals surface area contributed by atoms with Crippen molar-refractivity contribution in [1.29, 1.82) is 0 Å². The van der Waals surface area contributed by atoms with Gasteiger partial charge in [-0.1, -0.05) is 70.6 Å². The van der Waals surface area contributed by atoms with Crippen LogP contribution < -0.4 is 53.6 Å². The normalized spacial score (nSPS) is 13.4. The summed E-state index contributed by atoms with van der Waals surface area (Å²) >= 11 is 0. The average Bonchev–Trinajstić information content (AvgIpc) is 1.38. The van der Waals surface area contributed by atoms with Gasteiger partial charge in [-0.3, -0.25) is 62.4 Å². The number of carboxylic acids is 2. The van der Waals surface area contributed by atoms with Crippen LogP contribution in [0.25, 0.3) is 0 Å². The van der Waals surface area contributed by atoms with Crippen molar-refractivity contribution in [3.63, 3.8) is 0 Å². The number of carboxylic acid groups (broad SMARTS) is 2. The molecule has 7 atom stereocenters. The highest BCUT2D eigenvalue weighted by Gasteiger charge is 2.34. The second-order valence-corrected chi connectivity index (χ2v) is 21.7. The zero-order valence-electron chi connectivity index (χ0n) is 52.5. The van der Waals surface area contributed by atoms with Crippen LogP contribution in [0.4, 0.5) is 0 Å². The Hall–Kier alpha value is -7.61. The number of ether oxygens (including phenoxy) is 2. The molecule has 92 heavy (non-hydrogen) atoms. The molecule has 0 saturated heterocycles. The number of amides is 10. The van der Waals surface area contributed by atoms with Gasteiger partial charge in [-0.05, 0) is 68.3 Å². The second-order valence-electron chi connectivity index (χ2n) is 21.7. The molecule has 0 aromatic carbocycles. The molecule has 0 aliphatic heterocycles. The number of aromatic nitrogens is 4. The van der Waals surface area contributed by atoms with Crippen LogP contribution in [0.3, 0.4) is 0 Å². The van der Waals surface area contributed by atoms with Crippen molar-refractivity contribution in [2.24, 2.45) is 5.73 Å². The van der Waals surface area contributed by atoms with E-state index in [0.717, 1.165) is 49.8 Å². The molecule has 36 nitrogen and oxygen atoms in total. The predicted molar refractivity (Wildman–Crippen MR) is 323 cm³/mol. The number of nitrogens with one attached hydrogen (secondary N) is 10. The Balaban J connectivity index is 2.57. The minimum atomic E-state index is -1.91. The van der Waals surface area contributed by atoms with Crippen molar-refractivity contribution in [2.75, 3.05) is 92.2 Å². The molecule has 0 spiro atoms. The molecule has 0 unspecified atom stereocenters. The molecule has 0 radical (unpaired) electrons. The van der Waals surface area contributed by atoms with Gasteiger partial charge in [0.05, 0.1) is 65.9 Å². The third kappa shape index (κ3) is 39.6. The lowest BCUT2D eigenvalue weighted by molar-refractivity contribution is -0.142. The number of unbranched alkanes of at least 4 members (excludes halogenated alkanes) is 14. The number of nitrogens with two attached hydrogens (primary N) is 1. The maximum absolute atomic E-state index is 13.8. The molecule has 1 aromatic rings. The van der Waals surface area contributed by atoms with Crippen molar-refractivity contribution in [2.45, 2.75) is 184 Å². The number of aliphatic hydroxyl groups is 5. The van der Waals surface area contributed by atoms with Crippen molar-refractivity contribution in [3.8, 4) is 0 Å². The van der Waals surface area contributed by atoms with E-state index in [1.54, 1.807) is 0 Å². The van der Waals surface area contributed by atoms with Gasteiger partial charge in [-0.25, -0.2) is 5.10 Å². The van der Waals surface area contributed by atoms with Crippen LogP contribution in [0.2, 0.25) is 0 Å². The van der Waals surface area contributed by atoms with Crippen LogP contribution in [0.1, 0.15) is 141 Å². The Morgan fingerprint density at radius 1 is 0.467 bits per heavy atom. The monoisotopic (exact) mass is 1320 g/mol. The zero-order valence-corrected chi connectivity index (χ0v) is 52.5. The summed E-state index contributed by atoms with van der Waals surface area (Å²) in [6, 6.07) is -12.0. The number of aliphatic carboxylic acids is 2. The largest absolute Gasteiger partial charge is 0.480 e. The highest BCUT2D eigenvalue weighted by molar-refractivity contribution is 5.97. The summed E-state index contributed by atoms with van der Waals surface area (Å²) in [5.41, 5.74) is 5.51. The molecule has 0 saturated carbocycles. The summed E-state index contributed by atoms with van der Waals surface area (Å²) < 4.78 is 10.8. The van der Waals surface area contributed by atoms with Crippen LogP contribution in [0.5, 0.6) is 0 Å². The summed E-state index contributed by atoms with van der Waals surface area (Å²) in [6.45, 7) is -5.01. The number of carbonyl (C=O) groups excluding carboxylic acids is 10. The zero-order chi connectivity index (χ0) is 68.5. The Morgan fingerprint density at radius 2 is 0.870 bits per heavy atom. The fourth-order valence-corrected chi connectivity index (χ4v) is 8.98. The molecule has 1 rings (SSSR count). The van der Waals surface area contributed by atoms with E-state index in [1.165, 1.54) is 57.8 Å². The van der Waals surface area contributed by atoms with Gasteiger partial charge >= 0.3 is 11.9 Å². The van der Waals surface area contributed by atoms with Gasteiger partial charge < -0.3 is 98.8 Å². The van der Waals surface area contributed by atoms with Gasteiger partial charge in [0.15, 0.2) is 0 Å². The molecule has 0 aliphatic carbocycles. The van der Waals surface area contributed by atoms with Crippen molar-refractivity contribution in [3.05, 3.63) is 5.82 Å². The van der Waals surface area contributed by atoms with Gasteiger partial charge in [-0.2, -0.15) is 0 Å². The molecule has 1 heterocycles. The number of aryl methyl sites for hydroxylation is 1. The molecule has 0 fully saturated rings. The molecule has 524 valence electrons. The smallest absolute Gasteiger partial charge is 0.317 e. The molecule has 1 aromatic heterocycles. The molecule has 0 bridgehead atoms. The van der Waals surface area contributed by atoms with E-state index < -0.39 is 154 Å². The van der Waals surface area contributed by atoms with Crippen molar-refractivity contribution in [1.82, 2.24) is 73.4 Å². The fourth-order valence-electron chi connectivity index (χ4n) is 8.98. The van der Waals surface area contributed by atoms with E-state index in [4.69, 9.17) is 15.2 Å². The van der Waals surface area contributed by atoms with E-state index in [0.29, 0.717) is 19.4 Å². The number of nitrogens with zero attached hydrogens (tertiary/aromatic N) is 4. The molecule has 0 aliphatic rings. The molecular formula is C56H99N15O21. The SMILES string of the molecule is CC(=O)N[C@@H](CO)C(=O)N[C@@H](CO)C(=O)N[C@@H](CO)C(=O)N[C@@H](CCCCN(CC(=O)O)CC(=O)O)C(=O)N[C@@H](CO)C(=O)N[C@@H](CO)C(=O)N[C@@H](CCCCNC(=O)COCCOCCNC(=O)CCCCCCCCCCCCCCCc1nnn[nH]1)C(N)=O. The summed E-state index contributed by atoms with van der Waals surface area (Å²) in [7, 11) is 0. The second kappa shape index (κ2) is 51.0. The number of carbonyl (C=O) groups is 12. The van der Waals surface area contributed by atoms with Crippen LogP contribution in [-0.2, 0) is 73.4 Å². The Kier molecular flexibility index (Phi) is 45.6. The van der Waals surface area contributed by atoms with Crippen molar-refractivity contribution < 1.29 is 103 Å². The van der Waals surface area contributed by atoms with Gasteiger partial charge in [-0.15, -0.1) is 5.10 Å². The minimum Gasteiger partial charge on any atom is -0.480 e. The number of H-pyrrole nitrogens is 1. The molecule has 10 amide bonds. The first-order chi connectivity index (χ1) is 44.1. The number of hydrogen-bond acceptors (Lipinski definition) is 23. The Labute approximate surface area is 533 Å². The van der Waals surface area contributed by atoms with Crippen LogP contribution in [0.15, 0.2) is 0 Å². The quantitative estimate of drug-likeness (QED) is 0.0270. The topological polar surface area (TPSA) is 557 Å². The van der Waals surface area contributed by atoms with Crippen LogP contribution >= 0.6 is 0 Å². The van der Waals surface area contributed by atoms with Crippen LogP contribution in [-0.4, -0.2) is 267 Å². The Morgan fingerprint density at radius 3 is 1.32 bits per heavy atom. The first kappa shape index (κ1) is 82.4. The predicted octanol–water partition coefficient (Wildman–Crippen LogP) is -5.86. The van der Waals surface area contributed by atoms with E-state index in [2.05, 4.69) is 68.5 Å².